The molecule has 0 spiro atoms. The van der Waals surface area contributed by atoms with Crippen LogP contribution in [0.1, 0.15) is 11.1 Å². The summed E-state index contributed by atoms with van der Waals surface area (Å²) in [6, 6.07) is 6.03. The van der Waals surface area contributed by atoms with Gasteiger partial charge in [0.2, 0.25) is 0 Å². The number of halogens is 1. The van der Waals surface area contributed by atoms with E-state index >= 15 is 0 Å². The molecule has 4 nitrogen and oxygen atoms in total. The summed E-state index contributed by atoms with van der Waals surface area (Å²) in [6.45, 7) is 4.02. The maximum Gasteiger partial charge on any atom is 0.466 e. The zero-order valence-electron chi connectivity index (χ0n) is 7.81. The summed E-state index contributed by atoms with van der Waals surface area (Å²) in [5.41, 5.74) is 2.30. The Morgan fingerprint density at radius 2 is 1.43 bits per heavy atom. The molecular weight excluding hydrogens is 227 g/mol. The zero-order chi connectivity index (χ0) is 11.4. The largest absolute Gasteiger partial charge is 0.466 e. The van der Waals surface area contributed by atoms with Crippen molar-refractivity contribution in [2.45, 2.75) is 13.8 Å². The van der Waals surface area contributed by atoms with E-state index in [4.69, 9.17) is 30.8 Å². The van der Waals surface area contributed by atoms with E-state index in [-0.39, 0.29) is 0 Å². The Kier molecular flexibility index (Phi) is 5.34. The minimum atomic E-state index is -4.64. The highest BCUT2D eigenvalue weighted by Gasteiger charge is 2.00. The number of hydrogen-bond donors (Lipinski definition) is 3. The standard InChI is InChI=1S/C8H9Cl.H3O4P/c1-6-4-3-5-7(2)8(6)9;1-5(2,3)4/h3-5H,1-2H3;(H3,1,2,3,4). The third-order valence-corrected chi connectivity index (χ3v) is 1.98. The van der Waals surface area contributed by atoms with Crippen LogP contribution in [0.4, 0.5) is 0 Å². The van der Waals surface area contributed by atoms with Crippen molar-refractivity contribution in [2.75, 3.05) is 0 Å². The fourth-order valence-electron chi connectivity index (χ4n) is 0.794. The van der Waals surface area contributed by atoms with Crippen LogP contribution < -0.4 is 0 Å². The molecule has 0 saturated carbocycles. The molecule has 0 atom stereocenters. The number of phosphoric acid groups is 1. The van der Waals surface area contributed by atoms with Crippen LogP contribution in [0.5, 0.6) is 0 Å². The van der Waals surface area contributed by atoms with E-state index in [1.165, 1.54) is 0 Å². The fourth-order valence-corrected chi connectivity index (χ4v) is 0.920. The first-order chi connectivity index (χ1) is 6.22. The molecule has 0 bridgehead atoms. The summed E-state index contributed by atoms with van der Waals surface area (Å²) in [5, 5.41) is 0.887. The van der Waals surface area contributed by atoms with Gasteiger partial charge in [0, 0.05) is 5.02 Å². The summed E-state index contributed by atoms with van der Waals surface area (Å²) in [5.74, 6) is 0. The van der Waals surface area contributed by atoms with Crippen LogP contribution in [-0.2, 0) is 4.57 Å². The van der Waals surface area contributed by atoms with Crippen molar-refractivity contribution in [1.82, 2.24) is 0 Å². The van der Waals surface area contributed by atoms with Gasteiger partial charge < -0.3 is 14.7 Å². The van der Waals surface area contributed by atoms with Gasteiger partial charge in [0.25, 0.3) is 0 Å². The summed E-state index contributed by atoms with van der Waals surface area (Å²) in [4.78, 5) is 21.6. The van der Waals surface area contributed by atoms with E-state index in [1.807, 2.05) is 32.0 Å². The Morgan fingerprint density at radius 3 is 1.64 bits per heavy atom. The number of aryl methyl sites for hydroxylation is 2. The average Bonchev–Trinajstić information content (AvgIpc) is 1.97. The van der Waals surface area contributed by atoms with Crippen molar-refractivity contribution in [3.8, 4) is 0 Å². The Hall–Kier alpha value is -0.380. The van der Waals surface area contributed by atoms with Crippen LogP contribution in [-0.4, -0.2) is 14.7 Å². The molecule has 0 fully saturated rings. The van der Waals surface area contributed by atoms with Gasteiger partial charge in [-0.2, -0.15) is 0 Å². The molecule has 14 heavy (non-hydrogen) atoms. The second-order valence-corrected chi connectivity index (χ2v) is 4.12. The lowest BCUT2D eigenvalue weighted by molar-refractivity contribution is 0.275. The van der Waals surface area contributed by atoms with Gasteiger partial charge in [0.1, 0.15) is 0 Å². The van der Waals surface area contributed by atoms with Crippen molar-refractivity contribution in [3.63, 3.8) is 0 Å². The molecule has 6 heteroatoms. The predicted octanol–water partition coefficient (Wildman–Crippen LogP) is 2.03. The summed E-state index contributed by atoms with van der Waals surface area (Å²) < 4.78 is 8.88. The highest BCUT2D eigenvalue weighted by Crippen LogP contribution is 2.25. The molecule has 0 aliphatic heterocycles. The van der Waals surface area contributed by atoms with E-state index in [9.17, 15) is 0 Å². The highest BCUT2D eigenvalue weighted by atomic mass is 35.5. The monoisotopic (exact) mass is 238 g/mol. The molecule has 0 heterocycles. The molecule has 0 unspecified atom stereocenters. The van der Waals surface area contributed by atoms with Crippen LogP contribution in [0.2, 0.25) is 5.02 Å². The van der Waals surface area contributed by atoms with Crippen LogP contribution in [0.15, 0.2) is 18.2 Å². The maximum atomic E-state index is 8.88. The van der Waals surface area contributed by atoms with Crippen molar-refractivity contribution < 1.29 is 19.2 Å². The Bertz CT molecular complexity index is 319. The van der Waals surface area contributed by atoms with Crippen LogP contribution in [0.25, 0.3) is 0 Å². The van der Waals surface area contributed by atoms with Crippen molar-refractivity contribution in [2.24, 2.45) is 0 Å². The van der Waals surface area contributed by atoms with Gasteiger partial charge in [0.05, 0.1) is 0 Å². The third kappa shape index (κ3) is 7.06. The van der Waals surface area contributed by atoms with Gasteiger partial charge in [-0.1, -0.05) is 29.8 Å². The van der Waals surface area contributed by atoms with Gasteiger partial charge in [-0.15, -0.1) is 0 Å². The van der Waals surface area contributed by atoms with Crippen molar-refractivity contribution in [1.29, 1.82) is 0 Å². The second-order valence-electron chi connectivity index (χ2n) is 2.72. The maximum absolute atomic E-state index is 8.88. The first-order valence-electron chi connectivity index (χ1n) is 3.72. The summed E-state index contributed by atoms with van der Waals surface area (Å²) in [7, 11) is -4.64. The fraction of sp³-hybridized carbons (Fsp3) is 0.250. The normalized spacial score (nSPS) is 10.4. The molecule has 1 aromatic carbocycles. The van der Waals surface area contributed by atoms with Crippen molar-refractivity contribution in [3.05, 3.63) is 34.3 Å². The number of hydrogen-bond acceptors (Lipinski definition) is 1. The first-order valence-corrected chi connectivity index (χ1v) is 5.66. The van der Waals surface area contributed by atoms with Gasteiger partial charge in [-0.05, 0) is 25.0 Å². The Balaban J connectivity index is 0.000000292. The van der Waals surface area contributed by atoms with E-state index in [0.717, 1.165) is 16.1 Å². The predicted molar refractivity (Wildman–Crippen MR) is 55.2 cm³/mol. The lowest BCUT2D eigenvalue weighted by Gasteiger charge is -1.98. The Labute approximate surface area is 87.4 Å². The van der Waals surface area contributed by atoms with E-state index in [2.05, 4.69) is 0 Å². The van der Waals surface area contributed by atoms with Gasteiger partial charge in [-0.25, -0.2) is 4.57 Å². The Morgan fingerprint density at radius 1 is 1.14 bits per heavy atom. The minimum Gasteiger partial charge on any atom is -0.303 e. The molecule has 1 rings (SSSR count). The summed E-state index contributed by atoms with van der Waals surface area (Å²) >= 11 is 5.88. The molecule has 0 saturated heterocycles. The number of rotatable bonds is 0. The van der Waals surface area contributed by atoms with Gasteiger partial charge >= 0.3 is 7.82 Å². The van der Waals surface area contributed by atoms with E-state index in [0.29, 0.717) is 0 Å². The number of benzene rings is 1. The van der Waals surface area contributed by atoms with E-state index < -0.39 is 7.82 Å². The second kappa shape index (κ2) is 5.49. The first kappa shape index (κ1) is 13.6. The quantitative estimate of drug-likeness (QED) is 0.605. The molecule has 0 aliphatic carbocycles. The van der Waals surface area contributed by atoms with Crippen LogP contribution in [0.3, 0.4) is 0 Å². The molecule has 0 aromatic heterocycles. The topological polar surface area (TPSA) is 77.8 Å². The lowest BCUT2D eigenvalue weighted by Crippen LogP contribution is -1.77. The van der Waals surface area contributed by atoms with Crippen molar-refractivity contribution >= 4 is 19.4 Å². The summed E-state index contributed by atoms with van der Waals surface area (Å²) in [6.07, 6.45) is 0. The molecule has 0 amide bonds. The molecular formula is C8H12ClO4P. The molecule has 3 N–H and O–H groups in total. The lowest BCUT2D eigenvalue weighted by atomic mass is 10.2. The SMILES string of the molecule is Cc1cccc(C)c1Cl.O=P(O)(O)O. The molecule has 1 aromatic rings. The van der Waals surface area contributed by atoms with E-state index in [1.54, 1.807) is 0 Å². The smallest absolute Gasteiger partial charge is 0.303 e. The minimum absolute atomic E-state index is 0.887. The van der Waals surface area contributed by atoms with Gasteiger partial charge in [-0.3, -0.25) is 0 Å². The van der Waals surface area contributed by atoms with Gasteiger partial charge in [0.15, 0.2) is 0 Å². The molecule has 80 valence electrons. The third-order valence-electron chi connectivity index (χ3n) is 1.38. The van der Waals surface area contributed by atoms with Crippen LogP contribution >= 0.6 is 19.4 Å². The highest BCUT2D eigenvalue weighted by molar-refractivity contribution is 7.45. The molecule has 0 aliphatic rings. The van der Waals surface area contributed by atoms with Crippen LogP contribution in [0, 0.1) is 13.8 Å². The zero-order valence-corrected chi connectivity index (χ0v) is 9.46. The average molecular weight is 239 g/mol. The molecule has 0 radical (unpaired) electrons.